The molecule has 39 heteroatoms. The van der Waals surface area contributed by atoms with Crippen molar-refractivity contribution in [3.05, 3.63) is 36.0 Å². The van der Waals surface area contributed by atoms with Crippen LogP contribution in [0.25, 0.3) is 0 Å². The summed E-state index contributed by atoms with van der Waals surface area (Å²) in [5, 5.41) is 242. The molecule has 5 aliphatic carbocycles. The molecule has 4 saturated carbocycles. The van der Waals surface area contributed by atoms with Crippen LogP contribution in [0.5, 0.6) is 0 Å². The second kappa shape index (κ2) is 36.5. The Hall–Kier alpha value is -3.24. The Kier molecular flexibility index (Phi) is 29.1. The molecular formula is C80H128O39. The number of aliphatic hydroxyl groups is 22. The van der Waals surface area contributed by atoms with Gasteiger partial charge in [-0.1, -0.05) is 72.3 Å². The van der Waals surface area contributed by atoms with E-state index < -0.39 is 323 Å². The van der Waals surface area contributed by atoms with Crippen molar-refractivity contribution in [2.75, 3.05) is 39.6 Å². The summed E-state index contributed by atoms with van der Waals surface area (Å²) in [4.78, 5) is 31.4. The van der Waals surface area contributed by atoms with Crippen LogP contribution in [0.2, 0.25) is 0 Å². The summed E-state index contributed by atoms with van der Waals surface area (Å²) in [6.45, 7) is 18.6. The molecule has 7 aliphatic heterocycles. The molecule has 39 nitrogen and oxygen atoms in total. The molecule has 0 aromatic carbocycles. The van der Waals surface area contributed by atoms with Crippen molar-refractivity contribution in [2.45, 2.75) is 360 Å². The molecule has 7 saturated heterocycles. The average Bonchev–Trinajstić information content (AvgIpc) is 0.668. The quantitative estimate of drug-likeness (QED) is 0.0185. The van der Waals surface area contributed by atoms with Gasteiger partial charge in [-0.3, -0.25) is 4.79 Å². The van der Waals surface area contributed by atoms with E-state index in [4.69, 9.17) is 71.1 Å². The normalized spacial score (nSPS) is 51.1. The summed E-state index contributed by atoms with van der Waals surface area (Å²) < 4.78 is 90.9. The van der Waals surface area contributed by atoms with Crippen LogP contribution in [-0.4, -0.2) is 391 Å². The lowest BCUT2D eigenvalue weighted by atomic mass is 9.33. The molecule has 22 N–H and O–H groups in total. The van der Waals surface area contributed by atoms with Crippen LogP contribution in [0, 0.1) is 50.2 Å². The SMILES string of the molecule is C=CC(C)(CCC=C(C)C(=O)OC1CC2(C(=O)OC3OC(COC4OC(C)C(O)C(O)C4O)C(O)C(O)C3OC3OCC(O)C(O)C3O)C(O)CC3(C)C(=CCC4C5(C)CCC(OC6OC(COC7OC(CO)C(O)C(O)C7O)C(O)C(O)C6OC6OCC(O)C(O)C6O)C(C)(C)C5CCC43C)C2CC1(C)C)OC1OC(CO)C(O)C(O)C1O. The van der Waals surface area contributed by atoms with Gasteiger partial charge in [0.1, 0.15) is 158 Å². The molecular weight excluding hydrogens is 1580 g/mol. The van der Waals surface area contributed by atoms with Crippen LogP contribution in [0.1, 0.15) is 133 Å². The van der Waals surface area contributed by atoms with Crippen molar-refractivity contribution in [1.82, 2.24) is 0 Å². The molecule has 0 aromatic heterocycles. The highest BCUT2D eigenvalue weighted by Crippen LogP contribution is 2.76. The summed E-state index contributed by atoms with van der Waals surface area (Å²) in [6, 6.07) is 0. The van der Waals surface area contributed by atoms with Gasteiger partial charge >= 0.3 is 11.9 Å². The highest BCUT2D eigenvalue weighted by atomic mass is 16.8. The van der Waals surface area contributed by atoms with Gasteiger partial charge in [-0.15, -0.1) is 6.58 Å². The van der Waals surface area contributed by atoms with E-state index in [0.29, 0.717) is 32.1 Å². The maximum atomic E-state index is 16.6. The molecule has 0 amide bonds. The zero-order chi connectivity index (χ0) is 87.4. The number of ether oxygens (including phenoxy) is 15. The fourth-order valence-corrected chi connectivity index (χ4v) is 21.4. The van der Waals surface area contributed by atoms with E-state index in [1.54, 1.807) is 13.0 Å². The Labute approximate surface area is 688 Å². The minimum Gasteiger partial charge on any atom is -0.458 e. The third kappa shape index (κ3) is 17.5. The van der Waals surface area contributed by atoms with Crippen LogP contribution < -0.4 is 0 Å². The molecule has 0 spiro atoms. The van der Waals surface area contributed by atoms with Crippen molar-refractivity contribution in [1.29, 1.82) is 0 Å². The Morgan fingerprint density at radius 2 is 1.01 bits per heavy atom. The molecule has 44 atom stereocenters. The first kappa shape index (κ1) is 94.9. The third-order valence-corrected chi connectivity index (χ3v) is 29.3. The van der Waals surface area contributed by atoms with E-state index in [2.05, 4.69) is 33.4 Å². The lowest BCUT2D eigenvalue weighted by molar-refractivity contribution is -0.376. The largest absolute Gasteiger partial charge is 0.458 e. The van der Waals surface area contributed by atoms with Gasteiger partial charge in [-0.2, -0.15) is 0 Å². The van der Waals surface area contributed by atoms with Crippen LogP contribution in [0.15, 0.2) is 36.0 Å². The third-order valence-electron chi connectivity index (χ3n) is 29.3. The van der Waals surface area contributed by atoms with E-state index in [0.717, 1.165) is 5.57 Å². The van der Waals surface area contributed by atoms with E-state index in [9.17, 15) is 117 Å². The smallest absolute Gasteiger partial charge is 0.333 e. The van der Waals surface area contributed by atoms with Gasteiger partial charge in [-0.05, 0) is 118 Å². The summed E-state index contributed by atoms with van der Waals surface area (Å²) >= 11 is 0. The number of fused-ring (bicyclic) bond motifs is 7. The van der Waals surface area contributed by atoms with Crippen molar-refractivity contribution >= 4 is 11.9 Å². The first-order valence-electron chi connectivity index (χ1n) is 41.3. The maximum Gasteiger partial charge on any atom is 0.333 e. The standard InChI is InChI=1S/C80H128O39/c1-12-76(8,119-70-62(102)55(95)50(90)38(26-82)111-70)19-13-14-31(2)65(103)114-45-24-80(73(104)118-72-64(117-69-59(99)48(88)36(84)28-106-69)57(97)52(92)40(113-72)29-107-66-60(100)53(93)46(86)32(3)109-66)34(22-74(45,4)5)33-15-16-42-77(9)20-18-44(75(6,7)41(77)17-21-78(42,10)79(33,11)23-43(80)85)115-71-63(116-68-58(98)47(87)35(83)27-105-68)56(96)51(91)39(112-71)30-108-67-61(101)54(94)49(89)37(25-81)110-67/h12,14-15,32,34-64,66-72,81-102H,1,13,16-30H2,2-11H3. The molecule has 12 aliphatic rings. The van der Waals surface area contributed by atoms with Crippen LogP contribution >= 0.6 is 0 Å². The van der Waals surface area contributed by atoms with E-state index in [-0.39, 0.29) is 43.1 Å². The highest BCUT2D eigenvalue weighted by molar-refractivity contribution is 5.88. The Bertz CT molecular complexity index is 3520. The number of hydrogen-bond acceptors (Lipinski definition) is 39. The monoisotopic (exact) mass is 1710 g/mol. The van der Waals surface area contributed by atoms with Gasteiger partial charge in [0.15, 0.2) is 43.8 Å². The number of aliphatic hydroxyl groups excluding tert-OH is 22. The minimum absolute atomic E-state index is 0.0317. The fraction of sp³-hybridized carbons (Fsp3) is 0.900. The predicted octanol–water partition coefficient (Wildman–Crippen LogP) is -6.10. The second-order valence-corrected chi connectivity index (χ2v) is 37.3. The number of carbonyl (C=O) groups is 2. The van der Waals surface area contributed by atoms with Crippen molar-refractivity contribution in [2.24, 2.45) is 50.2 Å². The Morgan fingerprint density at radius 3 is 1.55 bits per heavy atom. The first-order chi connectivity index (χ1) is 55.7. The lowest BCUT2D eigenvalue weighted by Gasteiger charge is -2.72. The number of allylic oxidation sites excluding steroid dienone is 3. The number of rotatable bonds is 24. The number of hydrogen-bond donors (Lipinski definition) is 22. The van der Waals surface area contributed by atoms with Gasteiger partial charge < -0.3 is 183 Å². The second-order valence-electron chi connectivity index (χ2n) is 37.3. The Balaban J connectivity index is 0.850. The zero-order valence-electron chi connectivity index (χ0n) is 68.5. The molecule has 44 unspecified atom stereocenters. The maximum absolute atomic E-state index is 16.6. The summed E-state index contributed by atoms with van der Waals surface area (Å²) in [5.74, 6) is -3.34. The summed E-state index contributed by atoms with van der Waals surface area (Å²) in [6.07, 6.45) is -53.8. The number of esters is 2. The first-order valence-corrected chi connectivity index (χ1v) is 41.3. The van der Waals surface area contributed by atoms with E-state index in [1.165, 1.54) is 19.9 Å². The van der Waals surface area contributed by atoms with Crippen LogP contribution in [0.3, 0.4) is 0 Å². The Morgan fingerprint density at radius 1 is 0.521 bits per heavy atom. The summed E-state index contributed by atoms with van der Waals surface area (Å²) in [5.41, 5.74) is -6.65. The highest BCUT2D eigenvalue weighted by Gasteiger charge is 2.74. The molecule has 7 heterocycles. The van der Waals surface area contributed by atoms with E-state index in [1.807, 2.05) is 27.7 Å². The summed E-state index contributed by atoms with van der Waals surface area (Å²) in [7, 11) is 0. The fourth-order valence-electron chi connectivity index (χ4n) is 21.4. The van der Waals surface area contributed by atoms with Gasteiger partial charge in [0.25, 0.3) is 0 Å². The predicted molar refractivity (Wildman–Crippen MR) is 398 cm³/mol. The molecule has 682 valence electrons. The van der Waals surface area contributed by atoms with Crippen LogP contribution in [-0.2, 0) is 80.6 Å². The van der Waals surface area contributed by atoms with Gasteiger partial charge in [-0.25, -0.2) is 4.79 Å². The molecule has 11 fully saturated rings. The van der Waals surface area contributed by atoms with Gasteiger partial charge in [0, 0.05) is 17.4 Å². The molecule has 119 heavy (non-hydrogen) atoms. The zero-order valence-corrected chi connectivity index (χ0v) is 68.5. The lowest BCUT2D eigenvalue weighted by Crippen LogP contribution is -2.70. The van der Waals surface area contributed by atoms with Crippen molar-refractivity contribution in [3.63, 3.8) is 0 Å². The average molecular weight is 1710 g/mol. The minimum atomic E-state index is -2.16. The molecule has 0 radical (unpaired) electrons. The molecule has 0 aromatic rings. The van der Waals surface area contributed by atoms with E-state index >= 15 is 4.79 Å². The van der Waals surface area contributed by atoms with Crippen molar-refractivity contribution in [3.8, 4) is 0 Å². The topological polar surface area (TPSA) is 618 Å². The van der Waals surface area contributed by atoms with Gasteiger partial charge in [0.2, 0.25) is 6.29 Å². The van der Waals surface area contributed by atoms with Crippen LogP contribution in [0.4, 0.5) is 0 Å². The van der Waals surface area contributed by atoms with Crippen molar-refractivity contribution < 1.29 is 193 Å². The molecule has 0 bridgehead atoms. The number of carbonyl (C=O) groups excluding carboxylic acids is 2. The molecule has 12 rings (SSSR count). The van der Waals surface area contributed by atoms with Gasteiger partial charge in [0.05, 0.1) is 63.6 Å².